The van der Waals surface area contributed by atoms with Crippen molar-refractivity contribution in [3.05, 3.63) is 48.3 Å². The maximum Gasteiger partial charge on any atom is 0.0648 e. The molecule has 1 aliphatic heterocycles. The topological polar surface area (TPSA) is 44.5 Å². The predicted molar refractivity (Wildman–Crippen MR) is 96.2 cm³/mol. The number of aromatic nitrogens is 2. The molecule has 5 nitrogen and oxygen atoms in total. The summed E-state index contributed by atoms with van der Waals surface area (Å²) in [4.78, 5) is 5.02. The van der Waals surface area contributed by atoms with Gasteiger partial charge in [-0.1, -0.05) is 12.1 Å². The van der Waals surface area contributed by atoms with E-state index < -0.39 is 0 Å². The van der Waals surface area contributed by atoms with Crippen LogP contribution < -0.4 is 0 Å². The lowest BCUT2D eigenvalue weighted by molar-refractivity contribution is 0.0349. The van der Waals surface area contributed by atoms with Crippen molar-refractivity contribution >= 4 is 0 Å². The van der Waals surface area contributed by atoms with Gasteiger partial charge >= 0.3 is 0 Å². The second kappa shape index (κ2) is 7.92. The fourth-order valence-corrected chi connectivity index (χ4v) is 3.64. The third-order valence-corrected chi connectivity index (χ3v) is 4.82. The molecule has 130 valence electrons. The number of aliphatic hydroxyl groups excluding tert-OH is 1. The monoisotopic (exact) mass is 328 g/mol. The molecule has 1 aliphatic rings. The third-order valence-electron chi connectivity index (χ3n) is 4.82. The quantitative estimate of drug-likeness (QED) is 0.882. The van der Waals surface area contributed by atoms with Gasteiger partial charge in [-0.3, -0.25) is 9.80 Å². The SMILES string of the molecule is CC(C)N1CCN(Cc2cccc(-n3cccn3)c2)C[C@@H]1CCO. The van der Waals surface area contributed by atoms with Crippen LogP contribution in [0.2, 0.25) is 0 Å². The van der Waals surface area contributed by atoms with Crippen molar-refractivity contribution < 1.29 is 5.11 Å². The summed E-state index contributed by atoms with van der Waals surface area (Å²) in [5.41, 5.74) is 2.41. The lowest BCUT2D eigenvalue weighted by Crippen LogP contribution is -2.55. The molecule has 2 heterocycles. The Hall–Kier alpha value is -1.69. The average molecular weight is 328 g/mol. The van der Waals surface area contributed by atoms with Crippen LogP contribution in [0.1, 0.15) is 25.8 Å². The van der Waals surface area contributed by atoms with Gasteiger partial charge in [-0.25, -0.2) is 4.68 Å². The van der Waals surface area contributed by atoms with Gasteiger partial charge in [0.05, 0.1) is 5.69 Å². The molecule has 1 atom stereocenters. The highest BCUT2D eigenvalue weighted by molar-refractivity contribution is 5.35. The van der Waals surface area contributed by atoms with Crippen LogP contribution in [0.25, 0.3) is 5.69 Å². The minimum Gasteiger partial charge on any atom is -0.396 e. The van der Waals surface area contributed by atoms with Crippen molar-refractivity contribution in [3.8, 4) is 5.69 Å². The molecule has 0 unspecified atom stereocenters. The Morgan fingerprint density at radius 1 is 1.25 bits per heavy atom. The molecule has 1 fully saturated rings. The number of nitrogens with zero attached hydrogens (tertiary/aromatic N) is 4. The summed E-state index contributed by atoms with van der Waals surface area (Å²) in [6.45, 7) is 8.86. The molecule has 0 amide bonds. The number of piperazine rings is 1. The van der Waals surface area contributed by atoms with E-state index in [2.05, 4.69) is 53.0 Å². The van der Waals surface area contributed by atoms with E-state index in [9.17, 15) is 5.11 Å². The lowest BCUT2D eigenvalue weighted by atomic mass is 10.1. The van der Waals surface area contributed by atoms with Gasteiger partial charge in [0, 0.05) is 57.3 Å². The highest BCUT2D eigenvalue weighted by Gasteiger charge is 2.28. The van der Waals surface area contributed by atoms with E-state index in [0.29, 0.717) is 12.1 Å². The first-order valence-electron chi connectivity index (χ1n) is 8.85. The van der Waals surface area contributed by atoms with E-state index in [4.69, 9.17) is 0 Å². The zero-order chi connectivity index (χ0) is 16.9. The smallest absolute Gasteiger partial charge is 0.0648 e. The second-order valence-corrected chi connectivity index (χ2v) is 6.85. The number of hydrogen-bond acceptors (Lipinski definition) is 4. The molecular weight excluding hydrogens is 300 g/mol. The van der Waals surface area contributed by atoms with E-state index in [0.717, 1.165) is 38.3 Å². The molecular formula is C19H28N4O. The fourth-order valence-electron chi connectivity index (χ4n) is 3.64. The highest BCUT2D eigenvalue weighted by Crippen LogP contribution is 2.19. The Labute approximate surface area is 144 Å². The minimum absolute atomic E-state index is 0.260. The Bertz CT molecular complexity index is 626. The van der Waals surface area contributed by atoms with Crippen LogP contribution >= 0.6 is 0 Å². The Morgan fingerprint density at radius 3 is 2.83 bits per heavy atom. The van der Waals surface area contributed by atoms with E-state index >= 15 is 0 Å². The molecule has 0 aliphatic carbocycles. The summed E-state index contributed by atoms with van der Waals surface area (Å²) in [6.07, 6.45) is 4.62. The zero-order valence-corrected chi connectivity index (χ0v) is 14.7. The predicted octanol–water partition coefficient (Wildman–Crippen LogP) is 2.15. The van der Waals surface area contributed by atoms with E-state index in [-0.39, 0.29) is 6.61 Å². The van der Waals surface area contributed by atoms with Crippen LogP contribution in [-0.2, 0) is 6.54 Å². The molecule has 1 saturated heterocycles. The maximum absolute atomic E-state index is 9.38. The van der Waals surface area contributed by atoms with Gasteiger partial charge in [-0.15, -0.1) is 0 Å². The first-order chi connectivity index (χ1) is 11.7. The first kappa shape index (κ1) is 17.1. The van der Waals surface area contributed by atoms with Crippen LogP contribution in [0.15, 0.2) is 42.7 Å². The van der Waals surface area contributed by atoms with Crippen LogP contribution in [0.5, 0.6) is 0 Å². The third kappa shape index (κ3) is 4.04. The number of benzene rings is 1. The van der Waals surface area contributed by atoms with Gasteiger partial charge in [0.25, 0.3) is 0 Å². The molecule has 24 heavy (non-hydrogen) atoms. The van der Waals surface area contributed by atoms with Crippen LogP contribution in [-0.4, -0.2) is 63.0 Å². The summed E-state index contributed by atoms with van der Waals surface area (Å²) >= 11 is 0. The normalized spacial score (nSPS) is 19.9. The van der Waals surface area contributed by atoms with Gasteiger partial charge in [-0.05, 0) is 44.0 Å². The van der Waals surface area contributed by atoms with Crippen molar-refractivity contribution in [2.24, 2.45) is 0 Å². The molecule has 2 aromatic rings. The van der Waals surface area contributed by atoms with Gasteiger partial charge in [0.15, 0.2) is 0 Å². The van der Waals surface area contributed by atoms with Crippen molar-refractivity contribution in [3.63, 3.8) is 0 Å². The summed E-state index contributed by atoms with van der Waals surface area (Å²) in [7, 11) is 0. The van der Waals surface area contributed by atoms with Crippen LogP contribution in [0.3, 0.4) is 0 Å². The molecule has 0 bridgehead atoms. The Morgan fingerprint density at radius 2 is 2.12 bits per heavy atom. The van der Waals surface area contributed by atoms with E-state index in [1.807, 2.05) is 16.9 Å². The number of aliphatic hydroxyl groups is 1. The van der Waals surface area contributed by atoms with Crippen molar-refractivity contribution in [2.45, 2.75) is 38.9 Å². The summed E-state index contributed by atoms with van der Waals surface area (Å²) in [5.74, 6) is 0. The molecule has 1 aromatic carbocycles. The van der Waals surface area contributed by atoms with Crippen molar-refractivity contribution in [1.82, 2.24) is 19.6 Å². The average Bonchev–Trinajstić information content (AvgIpc) is 3.10. The standard InChI is InChI=1S/C19H28N4O/c1-16(2)22-11-10-21(15-19(22)7-12-24)14-17-5-3-6-18(13-17)23-9-4-8-20-23/h3-6,8-9,13,16,19,24H,7,10-12,14-15H2,1-2H3/t19-/m0/s1. The van der Waals surface area contributed by atoms with Gasteiger partial charge in [0.2, 0.25) is 0 Å². The second-order valence-electron chi connectivity index (χ2n) is 6.85. The van der Waals surface area contributed by atoms with Gasteiger partial charge < -0.3 is 5.11 Å². The first-order valence-corrected chi connectivity index (χ1v) is 8.85. The van der Waals surface area contributed by atoms with Crippen molar-refractivity contribution in [2.75, 3.05) is 26.2 Å². The molecule has 0 saturated carbocycles. The van der Waals surface area contributed by atoms with Gasteiger partial charge in [-0.2, -0.15) is 5.10 Å². The van der Waals surface area contributed by atoms with E-state index in [1.54, 1.807) is 6.20 Å². The zero-order valence-electron chi connectivity index (χ0n) is 14.7. The highest BCUT2D eigenvalue weighted by atomic mass is 16.3. The maximum atomic E-state index is 9.38. The number of rotatable bonds is 6. The lowest BCUT2D eigenvalue weighted by Gasteiger charge is -2.43. The molecule has 0 radical (unpaired) electrons. The number of hydrogen-bond donors (Lipinski definition) is 1. The minimum atomic E-state index is 0.260. The molecule has 0 spiro atoms. The largest absolute Gasteiger partial charge is 0.396 e. The summed E-state index contributed by atoms with van der Waals surface area (Å²) in [5, 5.41) is 13.7. The molecule has 5 heteroatoms. The molecule has 3 rings (SSSR count). The van der Waals surface area contributed by atoms with Crippen LogP contribution in [0.4, 0.5) is 0 Å². The Balaban J connectivity index is 1.67. The van der Waals surface area contributed by atoms with Crippen LogP contribution in [0, 0.1) is 0 Å². The molecule has 1 N–H and O–H groups in total. The fraction of sp³-hybridized carbons (Fsp3) is 0.526. The van der Waals surface area contributed by atoms with Crippen molar-refractivity contribution in [1.29, 1.82) is 0 Å². The van der Waals surface area contributed by atoms with E-state index in [1.165, 1.54) is 5.56 Å². The summed E-state index contributed by atoms with van der Waals surface area (Å²) in [6, 6.07) is 11.5. The molecule has 1 aromatic heterocycles. The summed E-state index contributed by atoms with van der Waals surface area (Å²) < 4.78 is 1.90. The van der Waals surface area contributed by atoms with Gasteiger partial charge in [0.1, 0.15) is 0 Å². The Kier molecular flexibility index (Phi) is 5.66.